The van der Waals surface area contributed by atoms with Gasteiger partial charge in [0.25, 0.3) is 0 Å². The van der Waals surface area contributed by atoms with Crippen molar-refractivity contribution in [2.75, 3.05) is 6.54 Å². The van der Waals surface area contributed by atoms with Crippen LogP contribution in [0.15, 0.2) is 0 Å². The molecule has 0 fully saturated rings. The van der Waals surface area contributed by atoms with Crippen LogP contribution < -0.4 is 5.32 Å². The van der Waals surface area contributed by atoms with Gasteiger partial charge >= 0.3 is 6.09 Å². The first-order valence-corrected chi connectivity index (χ1v) is 3.43. The van der Waals surface area contributed by atoms with Crippen molar-refractivity contribution in [3.05, 3.63) is 0 Å². The number of hydrogen-bond acceptors (Lipinski definition) is 1. The Bertz CT molecular complexity index is 121. The van der Waals surface area contributed by atoms with Crippen molar-refractivity contribution in [3.63, 3.8) is 0 Å². The molecule has 1 amide bonds. The molecule has 0 aromatic rings. The number of carbonyl (C=O) groups excluding carboxylic acids is 1. The molecule has 59 valence electrons. The molecule has 0 heterocycles. The molecule has 1 N–H and O–H groups in total. The Morgan fingerprint density at radius 3 is 2.30 bits per heavy atom. The molecule has 0 aliphatic heterocycles. The standard InChI is InChI=1S/C7H14NO2/c1-4-7(2,3)5-8-6(9)10/h8H,4-5H2,1-3H3. The summed E-state index contributed by atoms with van der Waals surface area (Å²) in [4.78, 5) is 9.94. The molecule has 0 saturated heterocycles. The summed E-state index contributed by atoms with van der Waals surface area (Å²) in [5.41, 5.74) is 0.0417. The molecule has 0 unspecified atom stereocenters. The Hall–Kier alpha value is -0.730. The molecular formula is C7H14NO2. The molecule has 0 aromatic carbocycles. The molecule has 1 radical (unpaired) electrons. The van der Waals surface area contributed by atoms with E-state index in [1.165, 1.54) is 0 Å². The molecule has 0 saturated carbocycles. The minimum Gasteiger partial charge on any atom is -0.318 e. The summed E-state index contributed by atoms with van der Waals surface area (Å²) >= 11 is 0. The fourth-order valence-corrected chi connectivity index (χ4v) is 0.436. The highest BCUT2D eigenvalue weighted by atomic mass is 16.4. The summed E-state index contributed by atoms with van der Waals surface area (Å²) in [5.74, 6) is 0. The lowest BCUT2D eigenvalue weighted by Crippen LogP contribution is -2.31. The zero-order valence-corrected chi connectivity index (χ0v) is 6.73. The van der Waals surface area contributed by atoms with E-state index in [0.29, 0.717) is 6.54 Å². The van der Waals surface area contributed by atoms with E-state index in [1.807, 2.05) is 20.8 Å². The predicted octanol–water partition coefficient (Wildman–Crippen LogP) is 1.56. The van der Waals surface area contributed by atoms with E-state index in [-0.39, 0.29) is 5.41 Å². The summed E-state index contributed by atoms with van der Waals surface area (Å²) in [6.07, 6.45) is -0.241. The SMILES string of the molecule is CCC(C)(C)CNC([O])=O. The van der Waals surface area contributed by atoms with Gasteiger partial charge in [-0.05, 0) is 11.8 Å². The van der Waals surface area contributed by atoms with Crippen molar-refractivity contribution >= 4 is 6.09 Å². The molecule has 0 atom stereocenters. The third-order valence-corrected chi connectivity index (χ3v) is 1.67. The molecule has 10 heavy (non-hydrogen) atoms. The lowest BCUT2D eigenvalue weighted by Gasteiger charge is -2.21. The lowest BCUT2D eigenvalue weighted by molar-refractivity contribution is 0.162. The van der Waals surface area contributed by atoms with E-state index in [0.717, 1.165) is 6.42 Å². The van der Waals surface area contributed by atoms with E-state index in [9.17, 15) is 9.90 Å². The Morgan fingerprint density at radius 1 is 1.50 bits per heavy atom. The van der Waals surface area contributed by atoms with E-state index < -0.39 is 6.09 Å². The number of amides is 1. The summed E-state index contributed by atoms with van der Waals surface area (Å²) in [6, 6.07) is 0. The molecule has 0 aliphatic rings. The van der Waals surface area contributed by atoms with Crippen molar-refractivity contribution in [3.8, 4) is 0 Å². The zero-order chi connectivity index (χ0) is 8.20. The average molecular weight is 144 g/mol. The maximum absolute atomic E-state index is 9.94. The van der Waals surface area contributed by atoms with Crippen molar-refractivity contribution in [2.45, 2.75) is 27.2 Å². The highest BCUT2D eigenvalue weighted by Gasteiger charge is 2.15. The molecule has 0 rings (SSSR count). The van der Waals surface area contributed by atoms with Gasteiger partial charge in [0.1, 0.15) is 0 Å². The molecule has 0 aromatic heterocycles. The summed E-state index contributed by atoms with van der Waals surface area (Å²) in [6.45, 7) is 6.49. The third kappa shape index (κ3) is 4.18. The fourth-order valence-electron chi connectivity index (χ4n) is 0.436. The lowest BCUT2D eigenvalue weighted by atomic mass is 9.90. The van der Waals surface area contributed by atoms with Crippen molar-refractivity contribution in [1.82, 2.24) is 5.32 Å². The first-order chi connectivity index (χ1) is 4.48. The van der Waals surface area contributed by atoms with Crippen LogP contribution in [-0.2, 0) is 5.11 Å². The van der Waals surface area contributed by atoms with Crippen molar-refractivity contribution in [2.24, 2.45) is 5.41 Å². The minimum absolute atomic E-state index is 0.0417. The first kappa shape index (κ1) is 9.27. The number of carbonyl (C=O) groups is 1. The molecule has 3 heteroatoms. The predicted molar refractivity (Wildman–Crippen MR) is 38.2 cm³/mol. The highest BCUT2D eigenvalue weighted by molar-refractivity contribution is 5.63. The molecular weight excluding hydrogens is 130 g/mol. The van der Waals surface area contributed by atoms with Gasteiger partial charge in [-0.25, -0.2) is 9.90 Å². The van der Waals surface area contributed by atoms with Gasteiger partial charge in [-0.2, -0.15) is 0 Å². The molecule has 3 nitrogen and oxygen atoms in total. The zero-order valence-electron chi connectivity index (χ0n) is 6.73. The largest absolute Gasteiger partial charge is 0.450 e. The fraction of sp³-hybridized carbons (Fsp3) is 0.857. The van der Waals surface area contributed by atoms with Crippen LogP contribution in [0.25, 0.3) is 0 Å². The molecule has 0 bridgehead atoms. The second kappa shape index (κ2) is 3.44. The first-order valence-electron chi connectivity index (χ1n) is 3.43. The number of hydrogen-bond donors (Lipinski definition) is 1. The van der Waals surface area contributed by atoms with E-state index in [2.05, 4.69) is 5.32 Å². The monoisotopic (exact) mass is 144 g/mol. The van der Waals surface area contributed by atoms with Gasteiger partial charge in [0.2, 0.25) is 0 Å². The Kier molecular flexibility index (Phi) is 3.19. The van der Waals surface area contributed by atoms with Gasteiger partial charge in [-0.3, -0.25) is 0 Å². The van der Waals surface area contributed by atoms with E-state index >= 15 is 0 Å². The van der Waals surface area contributed by atoms with Gasteiger partial charge in [0.05, 0.1) is 0 Å². The van der Waals surface area contributed by atoms with Crippen LogP contribution in [0.5, 0.6) is 0 Å². The van der Waals surface area contributed by atoms with Gasteiger partial charge < -0.3 is 5.32 Å². The quantitative estimate of drug-likeness (QED) is 0.642. The van der Waals surface area contributed by atoms with E-state index in [1.54, 1.807) is 0 Å². The van der Waals surface area contributed by atoms with Crippen LogP contribution >= 0.6 is 0 Å². The highest BCUT2D eigenvalue weighted by Crippen LogP contribution is 2.17. The maximum Gasteiger partial charge on any atom is 0.450 e. The number of rotatable bonds is 3. The average Bonchev–Trinajstić information content (AvgIpc) is 1.85. The van der Waals surface area contributed by atoms with Crippen LogP contribution in [0.2, 0.25) is 0 Å². The summed E-state index contributed by atoms with van der Waals surface area (Å²) < 4.78 is 0. The van der Waals surface area contributed by atoms with Crippen LogP contribution in [-0.4, -0.2) is 12.6 Å². The third-order valence-electron chi connectivity index (χ3n) is 1.67. The normalized spacial score (nSPS) is 11.1. The number of nitrogens with one attached hydrogen (secondary N) is 1. The van der Waals surface area contributed by atoms with Gasteiger partial charge in [0.15, 0.2) is 0 Å². The second-order valence-corrected chi connectivity index (χ2v) is 3.16. The minimum atomic E-state index is -1.19. The van der Waals surface area contributed by atoms with Crippen LogP contribution in [0.3, 0.4) is 0 Å². The molecule has 0 spiro atoms. The van der Waals surface area contributed by atoms with Crippen molar-refractivity contribution in [1.29, 1.82) is 0 Å². The van der Waals surface area contributed by atoms with Gasteiger partial charge in [-0.1, -0.05) is 20.8 Å². The van der Waals surface area contributed by atoms with Gasteiger partial charge in [0, 0.05) is 6.54 Å². The van der Waals surface area contributed by atoms with E-state index in [4.69, 9.17) is 0 Å². The van der Waals surface area contributed by atoms with Crippen LogP contribution in [0.1, 0.15) is 27.2 Å². The van der Waals surface area contributed by atoms with Gasteiger partial charge in [-0.15, -0.1) is 0 Å². The summed E-state index contributed by atoms with van der Waals surface area (Å²) in [5, 5.41) is 12.2. The Morgan fingerprint density at radius 2 is 2.00 bits per heavy atom. The Balaban J connectivity index is 3.56. The molecule has 0 aliphatic carbocycles. The maximum atomic E-state index is 9.94. The van der Waals surface area contributed by atoms with Crippen LogP contribution in [0, 0.1) is 5.41 Å². The summed E-state index contributed by atoms with van der Waals surface area (Å²) in [7, 11) is 0. The van der Waals surface area contributed by atoms with Crippen LogP contribution in [0.4, 0.5) is 4.79 Å². The van der Waals surface area contributed by atoms with Crippen molar-refractivity contribution < 1.29 is 9.90 Å². The smallest absolute Gasteiger partial charge is 0.318 e. The topological polar surface area (TPSA) is 49.0 Å². The Labute approximate surface area is 61.4 Å². The second-order valence-electron chi connectivity index (χ2n) is 3.16.